The average Bonchev–Trinajstić information content (AvgIpc) is 3.22. The van der Waals surface area contributed by atoms with Gasteiger partial charge in [-0.05, 0) is 103 Å². The fourth-order valence-electron chi connectivity index (χ4n) is 7.11. The molecule has 5 aromatic rings. The Morgan fingerprint density at radius 3 is 1.39 bits per heavy atom. The van der Waals surface area contributed by atoms with E-state index in [-0.39, 0.29) is 23.9 Å². The summed E-state index contributed by atoms with van der Waals surface area (Å²) in [5.74, 6) is -0.385. The van der Waals surface area contributed by atoms with Gasteiger partial charge in [0.15, 0.2) is 0 Å². The van der Waals surface area contributed by atoms with E-state index < -0.39 is 23.5 Å². The van der Waals surface area contributed by atoms with Gasteiger partial charge in [-0.1, -0.05) is 91.0 Å². The minimum atomic E-state index is -4.38. The Morgan fingerprint density at radius 2 is 0.947 bits per heavy atom. The summed E-state index contributed by atoms with van der Waals surface area (Å²) in [7, 11) is 0. The van der Waals surface area contributed by atoms with Crippen molar-refractivity contribution in [2.45, 2.75) is 56.7 Å². The van der Waals surface area contributed by atoms with Gasteiger partial charge in [0, 0.05) is 42.8 Å². The summed E-state index contributed by atoms with van der Waals surface area (Å²) >= 11 is 0. The summed E-state index contributed by atoms with van der Waals surface area (Å²) in [6.45, 7) is 4.44. The van der Waals surface area contributed by atoms with Crippen molar-refractivity contribution < 1.29 is 35.9 Å². The molecule has 0 radical (unpaired) electrons. The van der Waals surface area contributed by atoms with E-state index in [4.69, 9.17) is 0 Å². The molecule has 0 saturated carbocycles. The fraction of sp³-hybridized carbons (Fsp3) is 0.289. The van der Waals surface area contributed by atoms with Crippen LogP contribution >= 0.6 is 0 Å². The number of nitrogens with zero attached hydrogens (tertiary/aromatic N) is 1. The van der Waals surface area contributed by atoms with Crippen LogP contribution in [0.4, 0.5) is 26.3 Å². The highest BCUT2D eigenvalue weighted by atomic mass is 19.4. The predicted molar refractivity (Wildman–Crippen MR) is 209 cm³/mol. The quantitative estimate of drug-likeness (QED) is 0.137. The first-order chi connectivity index (χ1) is 27.3. The molecule has 0 aromatic heterocycles. The van der Waals surface area contributed by atoms with Gasteiger partial charge >= 0.3 is 12.4 Å². The molecule has 0 unspecified atom stereocenters. The first-order valence-corrected chi connectivity index (χ1v) is 19.0. The van der Waals surface area contributed by atoms with Crippen molar-refractivity contribution in [2.75, 3.05) is 26.2 Å². The number of halogens is 6. The molecular formula is C45H44F6N4O2. The van der Waals surface area contributed by atoms with Crippen LogP contribution in [-0.2, 0) is 18.9 Å². The molecule has 2 heterocycles. The number of rotatable bonds is 8. The molecule has 12 heteroatoms. The first-order valence-electron chi connectivity index (χ1n) is 19.0. The fourth-order valence-corrected chi connectivity index (χ4v) is 7.11. The van der Waals surface area contributed by atoms with Crippen LogP contribution < -0.4 is 16.0 Å². The van der Waals surface area contributed by atoms with Gasteiger partial charge in [-0.3, -0.25) is 14.5 Å². The second kappa shape index (κ2) is 18.7. The van der Waals surface area contributed by atoms with Gasteiger partial charge in [0.1, 0.15) is 0 Å². The SMILES string of the molecule is O=C(NC1CCN(Cc2ccccc2)CC1)c1ccccc1-c1ccc(C(F)(F)F)cc1.O=C(NC1CCNCC1)c1ccccc1-c1ccc(C(F)(F)F)cc1. The van der Waals surface area contributed by atoms with Crippen LogP contribution in [0.25, 0.3) is 22.3 Å². The van der Waals surface area contributed by atoms with E-state index in [1.807, 2.05) is 18.2 Å². The van der Waals surface area contributed by atoms with Gasteiger partial charge in [-0.15, -0.1) is 0 Å². The zero-order valence-corrected chi connectivity index (χ0v) is 31.2. The van der Waals surface area contributed by atoms with Crippen molar-refractivity contribution in [3.63, 3.8) is 0 Å². The molecule has 3 N–H and O–H groups in total. The van der Waals surface area contributed by atoms with Crippen LogP contribution in [0.3, 0.4) is 0 Å². The molecule has 298 valence electrons. The van der Waals surface area contributed by atoms with Crippen LogP contribution in [0.1, 0.15) is 63.1 Å². The minimum Gasteiger partial charge on any atom is -0.349 e. The highest BCUT2D eigenvalue weighted by Gasteiger charge is 2.31. The van der Waals surface area contributed by atoms with Crippen molar-refractivity contribution in [3.8, 4) is 22.3 Å². The molecule has 7 rings (SSSR count). The zero-order chi connectivity index (χ0) is 40.4. The number of piperidine rings is 2. The van der Waals surface area contributed by atoms with E-state index in [9.17, 15) is 35.9 Å². The van der Waals surface area contributed by atoms with Gasteiger partial charge in [0.25, 0.3) is 11.8 Å². The highest BCUT2D eigenvalue weighted by Crippen LogP contribution is 2.33. The second-order valence-electron chi connectivity index (χ2n) is 14.2. The second-order valence-corrected chi connectivity index (χ2v) is 14.2. The van der Waals surface area contributed by atoms with Crippen LogP contribution in [0.5, 0.6) is 0 Å². The number of hydrogen-bond acceptors (Lipinski definition) is 4. The summed E-state index contributed by atoms with van der Waals surface area (Å²) in [4.78, 5) is 28.0. The number of amides is 2. The zero-order valence-electron chi connectivity index (χ0n) is 31.2. The Labute approximate surface area is 328 Å². The molecule has 0 spiro atoms. The number of carbonyl (C=O) groups is 2. The summed E-state index contributed by atoms with van der Waals surface area (Å²) in [5, 5.41) is 9.38. The molecule has 2 amide bonds. The number of hydrogen-bond donors (Lipinski definition) is 3. The maximum atomic E-state index is 13.0. The van der Waals surface area contributed by atoms with Crippen LogP contribution in [0, 0.1) is 0 Å². The van der Waals surface area contributed by atoms with Crippen LogP contribution in [0.15, 0.2) is 127 Å². The van der Waals surface area contributed by atoms with E-state index >= 15 is 0 Å². The summed E-state index contributed by atoms with van der Waals surface area (Å²) < 4.78 is 76.8. The molecule has 0 atom stereocenters. The van der Waals surface area contributed by atoms with E-state index in [1.165, 1.54) is 29.8 Å². The van der Waals surface area contributed by atoms with Gasteiger partial charge in [0.2, 0.25) is 0 Å². The van der Waals surface area contributed by atoms with Gasteiger partial charge < -0.3 is 16.0 Å². The van der Waals surface area contributed by atoms with Crippen molar-refractivity contribution in [1.29, 1.82) is 0 Å². The predicted octanol–water partition coefficient (Wildman–Crippen LogP) is 9.62. The van der Waals surface area contributed by atoms with E-state index in [1.54, 1.807) is 48.5 Å². The van der Waals surface area contributed by atoms with E-state index in [2.05, 4.69) is 33.0 Å². The Morgan fingerprint density at radius 1 is 0.544 bits per heavy atom. The Balaban J connectivity index is 0.000000199. The summed E-state index contributed by atoms with van der Waals surface area (Å²) in [6.07, 6.45) is -5.29. The molecule has 2 aliphatic rings. The lowest BCUT2D eigenvalue weighted by atomic mass is 9.97. The largest absolute Gasteiger partial charge is 0.416 e. The lowest BCUT2D eigenvalue weighted by Crippen LogP contribution is -2.44. The van der Waals surface area contributed by atoms with Gasteiger partial charge in [0.05, 0.1) is 11.1 Å². The molecule has 0 bridgehead atoms. The van der Waals surface area contributed by atoms with Crippen molar-refractivity contribution in [2.24, 2.45) is 0 Å². The van der Waals surface area contributed by atoms with Gasteiger partial charge in [-0.2, -0.15) is 26.3 Å². The van der Waals surface area contributed by atoms with E-state index in [0.29, 0.717) is 33.4 Å². The molecule has 2 fully saturated rings. The maximum absolute atomic E-state index is 13.0. The van der Waals surface area contributed by atoms with E-state index in [0.717, 1.165) is 82.7 Å². The Hall–Kier alpha value is -5.46. The molecular weight excluding hydrogens is 743 g/mol. The molecule has 2 saturated heterocycles. The minimum absolute atomic E-state index is 0.0789. The topological polar surface area (TPSA) is 73.5 Å². The third kappa shape index (κ3) is 11.3. The standard InChI is InChI=1S/C26H25F3N2O.C19H19F3N2O/c27-26(28,29)21-12-10-20(11-13-21)23-8-4-5-9-24(23)25(32)30-22-14-16-31(17-15-22)18-19-6-2-1-3-7-19;20-19(21,22)14-7-5-13(6-8-14)16-3-1-2-4-17(16)18(25)24-15-9-11-23-12-10-15/h1-13,22H,14-18H2,(H,30,32);1-8,15,23H,9-12H2,(H,24,25). The number of likely N-dealkylation sites (tertiary alicyclic amines) is 1. The lowest BCUT2D eigenvalue weighted by molar-refractivity contribution is -0.138. The molecule has 0 aliphatic carbocycles. The van der Waals surface area contributed by atoms with Crippen molar-refractivity contribution in [3.05, 3.63) is 155 Å². The Kier molecular flexibility index (Phi) is 13.5. The highest BCUT2D eigenvalue weighted by molar-refractivity contribution is 6.01. The van der Waals surface area contributed by atoms with Crippen LogP contribution in [-0.4, -0.2) is 55.0 Å². The normalized spacial score (nSPS) is 15.6. The number of alkyl halides is 6. The molecule has 5 aromatic carbocycles. The van der Waals surface area contributed by atoms with Crippen LogP contribution in [0.2, 0.25) is 0 Å². The number of carbonyl (C=O) groups excluding carboxylic acids is 2. The summed E-state index contributed by atoms with van der Waals surface area (Å²) in [6, 6.07) is 34.3. The smallest absolute Gasteiger partial charge is 0.349 e. The van der Waals surface area contributed by atoms with Gasteiger partial charge in [-0.25, -0.2) is 0 Å². The Bertz CT molecular complexity index is 2070. The average molecular weight is 787 g/mol. The number of benzene rings is 5. The molecule has 6 nitrogen and oxygen atoms in total. The summed E-state index contributed by atoms with van der Waals surface area (Å²) in [5.41, 5.74) is 3.24. The maximum Gasteiger partial charge on any atom is 0.416 e. The molecule has 2 aliphatic heterocycles. The van der Waals surface area contributed by atoms with Crippen molar-refractivity contribution >= 4 is 11.8 Å². The third-order valence-electron chi connectivity index (χ3n) is 10.2. The molecule has 57 heavy (non-hydrogen) atoms. The number of nitrogens with one attached hydrogen (secondary N) is 3. The lowest BCUT2D eigenvalue weighted by Gasteiger charge is -2.32. The monoisotopic (exact) mass is 786 g/mol. The first kappa shape index (κ1) is 41.2. The third-order valence-corrected chi connectivity index (χ3v) is 10.2. The van der Waals surface area contributed by atoms with Crippen molar-refractivity contribution in [1.82, 2.24) is 20.9 Å².